The number of imide groups is 1. The van der Waals surface area contributed by atoms with Crippen molar-refractivity contribution >= 4 is 11.8 Å². The first kappa shape index (κ1) is 16.4. The minimum Gasteiger partial charge on any atom is -0.295 e. The molecule has 0 spiro atoms. The molecule has 0 saturated carbocycles. The molecule has 22 heavy (non-hydrogen) atoms. The third-order valence-electron chi connectivity index (χ3n) is 4.03. The summed E-state index contributed by atoms with van der Waals surface area (Å²) in [6.07, 6.45) is 5.68. The molecule has 1 aliphatic rings. The lowest BCUT2D eigenvalue weighted by molar-refractivity contribution is -0.124. The Balaban J connectivity index is 2.11. The van der Waals surface area contributed by atoms with E-state index in [1.165, 1.54) is 11.6 Å². The third kappa shape index (κ3) is 4.28. The van der Waals surface area contributed by atoms with Crippen molar-refractivity contribution in [3.8, 4) is 0 Å². The van der Waals surface area contributed by atoms with Crippen LogP contribution in [0, 0.1) is 0 Å². The lowest BCUT2D eigenvalue weighted by atomic mass is 9.98. The number of unbranched alkanes of at least 4 members (excludes halogenated alkanes) is 2. The third-order valence-corrected chi connectivity index (χ3v) is 4.03. The zero-order valence-corrected chi connectivity index (χ0v) is 13.3. The summed E-state index contributed by atoms with van der Waals surface area (Å²) >= 11 is 0. The van der Waals surface area contributed by atoms with Crippen LogP contribution >= 0.6 is 0 Å². The maximum absolute atomic E-state index is 12.0. The number of hydrogen-bond acceptors (Lipinski definition) is 3. The summed E-state index contributed by atoms with van der Waals surface area (Å²) in [5.41, 5.74) is 1.80. The molecule has 0 saturated heterocycles. The van der Waals surface area contributed by atoms with E-state index in [4.69, 9.17) is 0 Å². The molecule has 0 fully saturated rings. The van der Waals surface area contributed by atoms with Gasteiger partial charge in [0, 0.05) is 24.2 Å². The summed E-state index contributed by atoms with van der Waals surface area (Å²) < 4.78 is 0. The average Bonchev–Trinajstić information content (AvgIpc) is 2.83. The fourth-order valence-electron chi connectivity index (χ4n) is 2.86. The van der Waals surface area contributed by atoms with Gasteiger partial charge in [0.1, 0.15) is 0 Å². The van der Waals surface area contributed by atoms with Crippen molar-refractivity contribution in [3.63, 3.8) is 0 Å². The van der Waals surface area contributed by atoms with Gasteiger partial charge in [0.25, 0.3) is 11.8 Å². The number of benzene rings is 1. The predicted molar refractivity (Wildman–Crippen MR) is 87.1 cm³/mol. The molecule has 0 radical (unpaired) electrons. The second-order valence-corrected chi connectivity index (χ2v) is 5.83. The number of hydrogen-bond donors (Lipinski definition) is 1. The van der Waals surface area contributed by atoms with E-state index in [2.05, 4.69) is 29.3 Å². The van der Waals surface area contributed by atoms with Crippen molar-refractivity contribution < 1.29 is 9.59 Å². The fourth-order valence-corrected chi connectivity index (χ4v) is 2.86. The lowest BCUT2D eigenvalue weighted by Gasteiger charge is -2.28. The minimum atomic E-state index is -0.298. The van der Waals surface area contributed by atoms with Gasteiger partial charge in [-0.2, -0.15) is 0 Å². The monoisotopic (exact) mass is 300 g/mol. The van der Waals surface area contributed by atoms with E-state index in [9.17, 15) is 9.59 Å². The number of amides is 2. The summed E-state index contributed by atoms with van der Waals surface area (Å²) in [6.45, 7) is 2.92. The van der Waals surface area contributed by atoms with Crippen molar-refractivity contribution in [3.05, 3.63) is 47.5 Å². The Labute approximate surface area is 132 Å². The van der Waals surface area contributed by atoms with Gasteiger partial charge >= 0.3 is 0 Å². The molecule has 1 atom stereocenters. The van der Waals surface area contributed by atoms with Crippen LogP contribution in [0.1, 0.15) is 38.2 Å². The second kappa shape index (κ2) is 7.90. The molecule has 2 amide bonds. The summed E-state index contributed by atoms with van der Waals surface area (Å²) in [6, 6.07) is 10.2. The summed E-state index contributed by atoms with van der Waals surface area (Å²) in [5.74, 6) is -0.542. The topological polar surface area (TPSA) is 49.4 Å². The van der Waals surface area contributed by atoms with Crippen LogP contribution < -0.4 is 5.32 Å². The summed E-state index contributed by atoms with van der Waals surface area (Å²) in [7, 11) is 2.01. The highest BCUT2D eigenvalue weighted by molar-refractivity contribution is 6.16. The summed E-state index contributed by atoms with van der Waals surface area (Å²) in [5, 5.41) is 2.36. The molecule has 4 nitrogen and oxygen atoms in total. The first-order valence-corrected chi connectivity index (χ1v) is 7.93. The number of nitrogens with zero attached hydrogens (tertiary/aromatic N) is 1. The summed E-state index contributed by atoms with van der Waals surface area (Å²) in [4.78, 5) is 25.6. The standard InChI is InChI=1S/C18H24N2O2/c1-3-4-6-11-16(15-12-17(21)19-18(15)22)20(2)13-14-9-7-5-8-10-14/h5,7-10,12,16H,3-4,6,11,13H2,1-2H3,(H,19,21,22). The quantitative estimate of drug-likeness (QED) is 0.593. The molecule has 1 heterocycles. The largest absolute Gasteiger partial charge is 0.295 e. The zero-order chi connectivity index (χ0) is 15.9. The number of carbonyl (C=O) groups is 2. The van der Waals surface area contributed by atoms with Gasteiger partial charge in [0.2, 0.25) is 0 Å². The fraction of sp³-hybridized carbons (Fsp3) is 0.444. The number of carbonyl (C=O) groups excluding carboxylic acids is 2. The van der Waals surface area contributed by atoms with Gasteiger partial charge in [-0.15, -0.1) is 0 Å². The molecule has 1 unspecified atom stereocenters. The van der Waals surface area contributed by atoms with E-state index in [0.29, 0.717) is 5.57 Å². The Hall–Kier alpha value is -1.94. The van der Waals surface area contributed by atoms with Crippen LogP contribution in [0.15, 0.2) is 42.0 Å². The van der Waals surface area contributed by atoms with Gasteiger partial charge < -0.3 is 0 Å². The van der Waals surface area contributed by atoms with Gasteiger partial charge in [-0.05, 0) is 19.0 Å². The van der Waals surface area contributed by atoms with Crippen molar-refractivity contribution in [1.29, 1.82) is 0 Å². The second-order valence-electron chi connectivity index (χ2n) is 5.83. The molecule has 1 aromatic carbocycles. The van der Waals surface area contributed by atoms with Crippen LogP contribution in [-0.2, 0) is 16.1 Å². The van der Waals surface area contributed by atoms with Crippen LogP contribution in [-0.4, -0.2) is 29.8 Å². The Morgan fingerprint density at radius 1 is 1.14 bits per heavy atom. The Morgan fingerprint density at radius 2 is 1.86 bits per heavy atom. The average molecular weight is 300 g/mol. The lowest BCUT2D eigenvalue weighted by Crippen LogP contribution is -2.36. The Kier molecular flexibility index (Phi) is 5.90. The molecular formula is C18H24N2O2. The zero-order valence-electron chi connectivity index (χ0n) is 13.3. The van der Waals surface area contributed by atoms with Crippen LogP contribution in [0.25, 0.3) is 0 Å². The van der Waals surface area contributed by atoms with Crippen molar-refractivity contribution in [1.82, 2.24) is 10.2 Å². The van der Waals surface area contributed by atoms with E-state index in [0.717, 1.165) is 32.2 Å². The molecule has 0 aromatic heterocycles. The van der Waals surface area contributed by atoms with Crippen molar-refractivity contribution in [2.75, 3.05) is 7.05 Å². The van der Waals surface area contributed by atoms with Gasteiger partial charge in [-0.25, -0.2) is 0 Å². The molecule has 0 aliphatic carbocycles. The number of likely N-dealkylation sites (N-methyl/N-ethyl adjacent to an activating group) is 1. The number of nitrogens with one attached hydrogen (secondary N) is 1. The van der Waals surface area contributed by atoms with E-state index in [1.54, 1.807) is 0 Å². The van der Waals surface area contributed by atoms with Crippen LogP contribution in [0.2, 0.25) is 0 Å². The van der Waals surface area contributed by atoms with Gasteiger partial charge in [-0.3, -0.25) is 19.8 Å². The van der Waals surface area contributed by atoms with E-state index in [-0.39, 0.29) is 17.9 Å². The highest BCUT2D eigenvalue weighted by Gasteiger charge is 2.30. The first-order chi connectivity index (χ1) is 10.6. The predicted octanol–water partition coefficient (Wildman–Crippen LogP) is 2.65. The maximum atomic E-state index is 12.0. The van der Waals surface area contributed by atoms with Gasteiger partial charge in [-0.1, -0.05) is 56.5 Å². The SMILES string of the molecule is CCCCCC(C1=CC(=O)NC1=O)N(C)Cc1ccccc1. The maximum Gasteiger partial charge on any atom is 0.255 e. The minimum absolute atomic E-state index is 0.0155. The van der Waals surface area contributed by atoms with Crippen molar-refractivity contribution in [2.45, 2.75) is 45.2 Å². The van der Waals surface area contributed by atoms with Crippen molar-refractivity contribution in [2.24, 2.45) is 0 Å². The van der Waals surface area contributed by atoms with Gasteiger partial charge in [0.15, 0.2) is 0 Å². The highest BCUT2D eigenvalue weighted by Crippen LogP contribution is 2.21. The molecule has 1 aromatic rings. The molecule has 118 valence electrons. The first-order valence-electron chi connectivity index (χ1n) is 7.93. The Morgan fingerprint density at radius 3 is 2.45 bits per heavy atom. The highest BCUT2D eigenvalue weighted by atomic mass is 16.2. The molecule has 1 N–H and O–H groups in total. The smallest absolute Gasteiger partial charge is 0.255 e. The molecule has 1 aliphatic heterocycles. The van der Waals surface area contributed by atoms with Crippen LogP contribution in [0.5, 0.6) is 0 Å². The molecule has 4 heteroatoms. The van der Waals surface area contributed by atoms with E-state index in [1.807, 2.05) is 25.2 Å². The van der Waals surface area contributed by atoms with Crippen LogP contribution in [0.4, 0.5) is 0 Å². The van der Waals surface area contributed by atoms with Crippen LogP contribution in [0.3, 0.4) is 0 Å². The van der Waals surface area contributed by atoms with Gasteiger partial charge in [0.05, 0.1) is 0 Å². The number of rotatable bonds is 8. The molecule has 0 bridgehead atoms. The molecule has 2 rings (SSSR count). The normalized spacial score (nSPS) is 15.9. The van der Waals surface area contributed by atoms with E-state index < -0.39 is 0 Å². The Bertz CT molecular complexity index is 551. The van der Waals surface area contributed by atoms with E-state index >= 15 is 0 Å². The molecular weight excluding hydrogens is 276 g/mol.